The summed E-state index contributed by atoms with van der Waals surface area (Å²) in [6.07, 6.45) is -0.387. The van der Waals surface area contributed by atoms with E-state index < -0.39 is 11.7 Å². The van der Waals surface area contributed by atoms with Gasteiger partial charge in [0.25, 0.3) is 0 Å². The molecule has 2 fully saturated rings. The van der Waals surface area contributed by atoms with E-state index >= 15 is 0 Å². The molecular formula is C23H26F3NO2. The van der Waals surface area contributed by atoms with Gasteiger partial charge in [0, 0.05) is 31.5 Å². The number of fused-ring (bicyclic) bond motifs is 2. The van der Waals surface area contributed by atoms with E-state index in [0.717, 1.165) is 37.5 Å². The van der Waals surface area contributed by atoms with Crippen LogP contribution in [0.3, 0.4) is 0 Å². The summed E-state index contributed by atoms with van der Waals surface area (Å²) >= 11 is 0. The van der Waals surface area contributed by atoms with E-state index in [4.69, 9.17) is 9.47 Å². The standard InChI is InChI=1S/C23H26F3NO2/c1-22(29-19-7-3-2-4-8-19)15-17-11-12-18(16-22)27(17)13-14-28-21-10-6-5-9-20(21)23(24,25)26/h2-10,17-18H,11-16H2,1H3. The first-order chi connectivity index (χ1) is 13.8. The van der Waals surface area contributed by atoms with Crippen molar-refractivity contribution in [3.05, 3.63) is 60.2 Å². The van der Waals surface area contributed by atoms with Gasteiger partial charge in [-0.2, -0.15) is 13.2 Å². The fourth-order valence-electron chi connectivity index (χ4n) is 4.84. The Morgan fingerprint density at radius 3 is 2.24 bits per heavy atom. The Morgan fingerprint density at radius 1 is 0.966 bits per heavy atom. The summed E-state index contributed by atoms with van der Waals surface area (Å²) in [7, 11) is 0. The number of piperidine rings is 1. The lowest BCUT2D eigenvalue weighted by molar-refractivity contribution is -0.139. The van der Waals surface area contributed by atoms with Crippen molar-refractivity contribution in [2.75, 3.05) is 13.2 Å². The van der Waals surface area contributed by atoms with Crippen molar-refractivity contribution in [2.24, 2.45) is 0 Å². The van der Waals surface area contributed by atoms with Crippen LogP contribution >= 0.6 is 0 Å². The summed E-state index contributed by atoms with van der Waals surface area (Å²) in [6.45, 7) is 3.04. The molecule has 2 aromatic rings. The third-order valence-electron chi connectivity index (χ3n) is 6.01. The van der Waals surface area contributed by atoms with E-state index in [9.17, 15) is 13.2 Å². The Labute approximate surface area is 169 Å². The molecule has 0 aromatic heterocycles. The van der Waals surface area contributed by atoms with E-state index in [-0.39, 0.29) is 18.0 Å². The average molecular weight is 405 g/mol. The number of para-hydroxylation sites is 2. The predicted molar refractivity (Wildman–Crippen MR) is 105 cm³/mol. The molecule has 156 valence electrons. The molecule has 0 saturated carbocycles. The summed E-state index contributed by atoms with van der Waals surface area (Å²) < 4.78 is 51.2. The van der Waals surface area contributed by atoms with Crippen LogP contribution in [-0.2, 0) is 6.18 Å². The maximum atomic E-state index is 13.1. The van der Waals surface area contributed by atoms with Crippen molar-refractivity contribution in [3.63, 3.8) is 0 Å². The fourth-order valence-corrected chi connectivity index (χ4v) is 4.84. The highest BCUT2D eigenvalue weighted by Gasteiger charge is 2.47. The Bertz CT molecular complexity index is 810. The van der Waals surface area contributed by atoms with Crippen LogP contribution in [0.5, 0.6) is 11.5 Å². The molecule has 2 unspecified atom stereocenters. The quantitative estimate of drug-likeness (QED) is 0.629. The number of nitrogens with zero attached hydrogens (tertiary/aromatic N) is 1. The lowest BCUT2D eigenvalue weighted by Crippen LogP contribution is -2.53. The van der Waals surface area contributed by atoms with E-state index in [0.29, 0.717) is 18.6 Å². The van der Waals surface area contributed by atoms with Crippen molar-refractivity contribution < 1.29 is 22.6 Å². The van der Waals surface area contributed by atoms with Gasteiger partial charge in [-0.05, 0) is 44.0 Å². The average Bonchev–Trinajstić information content (AvgIpc) is 2.93. The van der Waals surface area contributed by atoms with Crippen molar-refractivity contribution in [1.29, 1.82) is 0 Å². The molecule has 3 nitrogen and oxygen atoms in total. The Kier molecular flexibility index (Phi) is 5.47. The number of ether oxygens (including phenoxy) is 2. The third kappa shape index (κ3) is 4.53. The summed E-state index contributed by atoms with van der Waals surface area (Å²) in [5.41, 5.74) is -0.932. The molecule has 2 atom stereocenters. The first kappa shape index (κ1) is 20.1. The summed E-state index contributed by atoms with van der Waals surface area (Å²) in [5, 5.41) is 0. The van der Waals surface area contributed by atoms with Gasteiger partial charge in [-0.1, -0.05) is 30.3 Å². The number of hydrogen-bond acceptors (Lipinski definition) is 3. The highest BCUT2D eigenvalue weighted by atomic mass is 19.4. The van der Waals surface area contributed by atoms with Crippen molar-refractivity contribution in [2.45, 2.75) is 56.5 Å². The van der Waals surface area contributed by atoms with Gasteiger partial charge in [-0.15, -0.1) is 0 Å². The molecule has 0 N–H and O–H groups in total. The maximum absolute atomic E-state index is 13.1. The molecule has 2 heterocycles. The fraction of sp³-hybridized carbons (Fsp3) is 0.478. The van der Waals surface area contributed by atoms with Gasteiger partial charge in [0.2, 0.25) is 0 Å². The second-order valence-electron chi connectivity index (χ2n) is 8.24. The topological polar surface area (TPSA) is 21.7 Å². The summed E-state index contributed by atoms with van der Waals surface area (Å²) in [4.78, 5) is 2.40. The van der Waals surface area contributed by atoms with Gasteiger partial charge < -0.3 is 9.47 Å². The molecule has 0 amide bonds. The van der Waals surface area contributed by atoms with Crippen LogP contribution in [0.1, 0.15) is 38.2 Å². The largest absolute Gasteiger partial charge is 0.492 e. The van der Waals surface area contributed by atoms with Crippen molar-refractivity contribution >= 4 is 0 Å². The van der Waals surface area contributed by atoms with Crippen LogP contribution in [0.25, 0.3) is 0 Å². The van der Waals surface area contributed by atoms with Crippen LogP contribution in [0, 0.1) is 0 Å². The zero-order valence-corrected chi connectivity index (χ0v) is 16.5. The van der Waals surface area contributed by atoms with Gasteiger partial charge in [-0.25, -0.2) is 0 Å². The minimum atomic E-state index is -4.41. The molecule has 2 aliphatic heterocycles. The van der Waals surface area contributed by atoms with Crippen LogP contribution in [0.15, 0.2) is 54.6 Å². The first-order valence-electron chi connectivity index (χ1n) is 10.1. The Hall–Kier alpha value is -2.21. The second kappa shape index (κ2) is 7.90. The van der Waals surface area contributed by atoms with E-state index in [2.05, 4.69) is 11.8 Å². The minimum Gasteiger partial charge on any atom is -0.492 e. The number of benzene rings is 2. The zero-order valence-electron chi connectivity index (χ0n) is 16.5. The lowest BCUT2D eigenvalue weighted by Gasteiger charge is -2.44. The molecule has 0 radical (unpaired) electrons. The number of rotatable bonds is 6. The van der Waals surface area contributed by atoms with E-state index in [1.807, 2.05) is 30.3 Å². The van der Waals surface area contributed by atoms with Gasteiger partial charge in [0.05, 0.1) is 5.56 Å². The van der Waals surface area contributed by atoms with Crippen molar-refractivity contribution in [3.8, 4) is 11.5 Å². The Morgan fingerprint density at radius 2 is 1.59 bits per heavy atom. The molecule has 0 spiro atoms. The molecule has 6 heteroatoms. The highest BCUT2D eigenvalue weighted by Crippen LogP contribution is 2.42. The monoisotopic (exact) mass is 405 g/mol. The molecular weight excluding hydrogens is 379 g/mol. The number of hydrogen-bond donors (Lipinski definition) is 0. The van der Waals surface area contributed by atoms with Crippen LogP contribution in [0.2, 0.25) is 0 Å². The Balaban J connectivity index is 1.35. The zero-order chi connectivity index (χ0) is 20.5. The third-order valence-corrected chi connectivity index (χ3v) is 6.01. The van der Waals surface area contributed by atoms with Gasteiger partial charge in [0.1, 0.15) is 23.7 Å². The number of alkyl halides is 3. The van der Waals surface area contributed by atoms with E-state index in [1.54, 1.807) is 6.07 Å². The highest BCUT2D eigenvalue weighted by molar-refractivity contribution is 5.35. The first-order valence-corrected chi connectivity index (χ1v) is 10.1. The molecule has 4 rings (SSSR count). The summed E-state index contributed by atoms with van der Waals surface area (Å²) in [6, 6.07) is 16.0. The second-order valence-corrected chi connectivity index (χ2v) is 8.24. The normalized spacial score (nSPS) is 27.0. The van der Waals surface area contributed by atoms with Gasteiger partial charge in [0.15, 0.2) is 0 Å². The number of halogens is 3. The van der Waals surface area contributed by atoms with Crippen molar-refractivity contribution in [1.82, 2.24) is 4.90 Å². The molecule has 29 heavy (non-hydrogen) atoms. The molecule has 2 aliphatic rings. The van der Waals surface area contributed by atoms with Gasteiger partial charge >= 0.3 is 6.18 Å². The molecule has 2 saturated heterocycles. The SMILES string of the molecule is CC1(Oc2ccccc2)CC2CCC(C1)N2CCOc1ccccc1C(F)(F)F. The lowest BCUT2D eigenvalue weighted by atomic mass is 9.87. The summed E-state index contributed by atoms with van der Waals surface area (Å²) in [5.74, 6) is 0.788. The molecule has 2 aromatic carbocycles. The van der Waals surface area contributed by atoms with Crippen LogP contribution in [-0.4, -0.2) is 35.7 Å². The predicted octanol–water partition coefficient (Wildman–Crippen LogP) is 5.55. The maximum Gasteiger partial charge on any atom is 0.419 e. The van der Waals surface area contributed by atoms with Crippen LogP contribution < -0.4 is 9.47 Å². The smallest absolute Gasteiger partial charge is 0.419 e. The van der Waals surface area contributed by atoms with Crippen LogP contribution in [0.4, 0.5) is 13.2 Å². The molecule has 0 aliphatic carbocycles. The molecule has 2 bridgehead atoms. The van der Waals surface area contributed by atoms with E-state index in [1.165, 1.54) is 12.1 Å². The minimum absolute atomic E-state index is 0.0957. The van der Waals surface area contributed by atoms with Gasteiger partial charge in [-0.3, -0.25) is 4.90 Å².